The number of ether oxygens (including phenoxy) is 1. The van der Waals surface area contributed by atoms with Gasteiger partial charge in [-0.2, -0.15) is 8.42 Å². The van der Waals surface area contributed by atoms with E-state index in [0.717, 1.165) is 59.7 Å². The summed E-state index contributed by atoms with van der Waals surface area (Å²) < 4.78 is 35.3. The van der Waals surface area contributed by atoms with Crippen LogP contribution in [0.25, 0.3) is 11.8 Å². The molecule has 1 fully saturated rings. The van der Waals surface area contributed by atoms with Crippen LogP contribution >= 0.6 is 0 Å². The molecule has 9 nitrogen and oxygen atoms in total. The van der Waals surface area contributed by atoms with Crippen molar-refractivity contribution in [1.29, 1.82) is 0 Å². The van der Waals surface area contributed by atoms with Gasteiger partial charge in [0, 0.05) is 12.7 Å². The molecular weight excluding hydrogens is 420 g/mol. The van der Waals surface area contributed by atoms with Crippen molar-refractivity contribution in [1.82, 2.24) is 14.5 Å². The Balaban J connectivity index is 1.59. The van der Waals surface area contributed by atoms with Gasteiger partial charge < -0.3 is 19.0 Å². The van der Waals surface area contributed by atoms with E-state index < -0.39 is 10.1 Å². The summed E-state index contributed by atoms with van der Waals surface area (Å²) in [5.41, 5.74) is 3.85. The first-order chi connectivity index (χ1) is 14.8. The lowest BCUT2D eigenvalue weighted by molar-refractivity contribution is 0.0386. The van der Waals surface area contributed by atoms with Crippen molar-refractivity contribution in [3.05, 3.63) is 47.6 Å². The van der Waals surface area contributed by atoms with Crippen LogP contribution in [-0.4, -0.2) is 67.9 Å². The zero-order valence-electron chi connectivity index (χ0n) is 17.8. The number of imidazole rings is 1. The number of rotatable bonds is 6. The average Bonchev–Trinajstić information content (AvgIpc) is 3.18. The van der Waals surface area contributed by atoms with Crippen LogP contribution < -0.4 is 4.74 Å². The van der Waals surface area contributed by atoms with Gasteiger partial charge in [-0.3, -0.25) is 4.18 Å². The first-order valence-electron chi connectivity index (χ1n) is 10.0. The molecule has 2 aliphatic heterocycles. The van der Waals surface area contributed by atoms with E-state index in [0.29, 0.717) is 6.61 Å². The molecule has 0 unspecified atom stereocenters. The summed E-state index contributed by atoms with van der Waals surface area (Å²) in [6, 6.07) is 5.79. The topological polar surface area (TPSA) is 95.3 Å². The molecule has 1 aromatic heterocycles. The first kappa shape index (κ1) is 21.4. The highest BCUT2D eigenvalue weighted by molar-refractivity contribution is 7.85. The van der Waals surface area contributed by atoms with Gasteiger partial charge in [-0.15, -0.1) is 0 Å². The van der Waals surface area contributed by atoms with E-state index in [2.05, 4.69) is 21.1 Å². The fourth-order valence-corrected chi connectivity index (χ4v) is 4.22. The molecule has 31 heavy (non-hydrogen) atoms. The predicted octanol–water partition coefficient (Wildman–Crippen LogP) is 2.36. The second-order valence-corrected chi connectivity index (χ2v) is 9.32. The number of fused-ring (bicyclic) bond motifs is 1. The number of aromatic nitrogens is 2. The van der Waals surface area contributed by atoms with Crippen molar-refractivity contribution in [3.8, 4) is 11.4 Å². The predicted molar refractivity (Wildman–Crippen MR) is 117 cm³/mol. The van der Waals surface area contributed by atoms with Crippen LogP contribution in [-0.2, 0) is 19.1 Å². The highest BCUT2D eigenvalue weighted by Gasteiger charge is 2.32. The van der Waals surface area contributed by atoms with E-state index in [-0.39, 0.29) is 12.6 Å². The molecule has 1 atom stereocenters. The molecule has 2 aromatic rings. The molecule has 3 heterocycles. The average molecular weight is 447 g/mol. The molecule has 0 amide bonds. The molecule has 166 valence electrons. The fourth-order valence-electron chi connectivity index (χ4n) is 3.81. The molecule has 2 aliphatic rings. The summed E-state index contributed by atoms with van der Waals surface area (Å²) in [5, 5.41) is 4.26. The lowest BCUT2D eigenvalue weighted by Crippen LogP contribution is -2.51. The summed E-state index contributed by atoms with van der Waals surface area (Å²) in [5.74, 6) is 1.47. The van der Waals surface area contributed by atoms with Crippen molar-refractivity contribution in [2.45, 2.75) is 25.8 Å². The van der Waals surface area contributed by atoms with Crippen molar-refractivity contribution in [3.63, 3.8) is 0 Å². The molecule has 0 spiro atoms. The minimum Gasteiger partial charge on any atom is -0.495 e. The van der Waals surface area contributed by atoms with Crippen molar-refractivity contribution < 1.29 is 22.2 Å². The second-order valence-electron chi connectivity index (χ2n) is 7.67. The number of amidine groups is 1. The van der Waals surface area contributed by atoms with Crippen LogP contribution in [0, 0.1) is 6.92 Å². The summed E-state index contributed by atoms with van der Waals surface area (Å²) >= 11 is 0. The van der Waals surface area contributed by atoms with Crippen molar-refractivity contribution in [2.24, 2.45) is 5.16 Å². The van der Waals surface area contributed by atoms with Gasteiger partial charge in [0.05, 0.1) is 43.7 Å². The normalized spacial score (nSPS) is 20.2. The maximum Gasteiger partial charge on any atom is 0.264 e. The van der Waals surface area contributed by atoms with Gasteiger partial charge >= 0.3 is 0 Å². The van der Waals surface area contributed by atoms with Gasteiger partial charge in [-0.1, -0.05) is 11.2 Å². The van der Waals surface area contributed by atoms with E-state index in [9.17, 15) is 8.42 Å². The van der Waals surface area contributed by atoms with E-state index in [1.165, 1.54) is 0 Å². The number of aryl methyl sites for hydroxylation is 1. The van der Waals surface area contributed by atoms with E-state index in [1.807, 2.05) is 35.9 Å². The zero-order valence-corrected chi connectivity index (χ0v) is 18.6. The molecule has 0 bridgehead atoms. The molecule has 1 saturated heterocycles. The van der Waals surface area contributed by atoms with E-state index in [4.69, 9.17) is 13.8 Å². The number of benzene rings is 1. The standard InChI is InChI=1S/C21H26N4O5S/c1-15-11-24(14-22-15)19-7-6-16(10-20(19)28-2)9-17-5-4-8-25-18(12-29-23-21(17)25)13-30-31(3,26)27/h6-7,9-11,14,18H,4-5,8,12-13H2,1-3H3/b17-9+/t18-/m1/s1. The Hall–Kier alpha value is -2.85. The minimum absolute atomic E-state index is 0.0397. The van der Waals surface area contributed by atoms with Gasteiger partial charge in [0.25, 0.3) is 10.1 Å². The smallest absolute Gasteiger partial charge is 0.264 e. The first-order valence-corrected chi connectivity index (χ1v) is 11.9. The maximum absolute atomic E-state index is 11.4. The molecule has 0 radical (unpaired) electrons. The lowest BCUT2D eigenvalue weighted by atomic mass is 9.98. The number of nitrogens with zero attached hydrogens (tertiary/aromatic N) is 4. The SMILES string of the molecule is COc1cc(/C=C2\CCCN3C2=NOC[C@@H]3COS(C)(=O)=O)ccc1-n1cnc(C)c1. The van der Waals surface area contributed by atoms with Crippen LogP contribution in [0.15, 0.2) is 41.5 Å². The highest BCUT2D eigenvalue weighted by Crippen LogP contribution is 2.29. The van der Waals surface area contributed by atoms with Gasteiger partial charge in [-0.25, -0.2) is 4.98 Å². The third-order valence-corrected chi connectivity index (χ3v) is 5.84. The molecular formula is C21H26N4O5S. The number of hydrogen-bond acceptors (Lipinski definition) is 8. The third kappa shape index (κ3) is 4.91. The van der Waals surface area contributed by atoms with Crippen molar-refractivity contribution >= 4 is 22.0 Å². The van der Waals surface area contributed by atoms with Gasteiger partial charge in [-0.05, 0) is 49.1 Å². The molecule has 0 saturated carbocycles. The Morgan fingerprint density at radius 1 is 1.35 bits per heavy atom. The van der Waals surface area contributed by atoms with E-state index >= 15 is 0 Å². The Kier molecular flexibility index (Phi) is 6.01. The summed E-state index contributed by atoms with van der Waals surface area (Å²) in [7, 11) is -1.87. The molecule has 1 aromatic carbocycles. The Labute approximate surface area is 182 Å². The number of piperidine rings is 1. The fraction of sp³-hybridized carbons (Fsp3) is 0.429. The van der Waals surface area contributed by atoms with Gasteiger partial charge in [0.1, 0.15) is 12.4 Å². The highest BCUT2D eigenvalue weighted by atomic mass is 32.2. The lowest BCUT2D eigenvalue weighted by Gasteiger charge is -2.39. The maximum atomic E-state index is 11.4. The number of hydrogen-bond donors (Lipinski definition) is 0. The third-order valence-electron chi connectivity index (χ3n) is 5.27. The largest absolute Gasteiger partial charge is 0.495 e. The molecule has 0 N–H and O–H groups in total. The second kappa shape index (κ2) is 8.72. The Morgan fingerprint density at radius 2 is 2.19 bits per heavy atom. The van der Waals surface area contributed by atoms with Crippen LogP contribution in [0.4, 0.5) is 0 Å². The van der Waals surface area contributed by atoms with Crippen LogP contribution in [0.2, 0.25) is 0 Å². The molecule has 0 aliphatic carbocycles. The zero-order chi connectivity index (χ0) is 22.0. The number of methoxy groups -OCH3 is 1. The van der Waals surface area contributed by atoms with Crippen LogP contribution in [0.1, 0.15) is 24.1 Å². The minimum atomic E-state index is -3.51. The van der Waals surface area contributed by atoms with Gasteiger partial charge in [0.15, 0.2) is 5.84 Å². The molecule has 4 rings (SSSR count). The summed E-state index contributed by atoms with van der Waals surface area (Å²) in [6.07, 6.45) is 8.61. The van der Waals surface area contributed by atoms with E-state index in [1.54, 1.807) is 13.4 Å². The quantitative estimate of drug-likeness (QED) is 0.629. The Morgan fingerprint density at radius 3 is 2.90 bits per heavy atom. The Bertz CT molecular complexity index is 1120. The molecule has 10 heteroatoms. The summed E-state index contributed by atoms with van der Waals surface area (Å²) in [6.45, 7) is 3.05. The summed E-state index contributed by atoms with van der Waals surface area (Å²) in [4.78, 5) is 11.8. The van der Waals surface area contributed by atoms with Crippen LogP contribution in [0.3, 0.4) is 0 Å². The number of oxime groups is 1. The van der Waals surface area contributed by atoms with Crippen LogP contribution in [0.5, 0.6) is 5.75 Å². The van der Waals surface area contributed by atoms with Crippen molar-refractivity contribution in [2.75, 3.05) is 33.1 Å². The van der Waals surface area contributed by atoms with Gasteiger partial charge in [0.2, 0.25) is 0 Å². The monoisotopic (exact) mass is 446 g/mol.